The van der Waals surface area contributed by atoms with Crippen LogP contribution in [-0.4, -0.2) is 27.6 Å². The number of nitrogens with one attached hydrogen (secondary N) is 1. The number of ether oxygens (including phenoxy) is 1. The van der Waals surface area contributed by atoms with Gasteiger partial charge in [-0.05, 0) is 25.1 Å². The summed E-state index contributed by atoms with van der Waals surface area (Å²) in [6, 6.07) is 10.2. The Labute approximate surface area is 130 Å². The number of fused-ring (bicyclic) bond motifs is 1. The van der Waals surface area contributed by atoms with Crippen LogP contribution in [0.3, 0.4) is 0 Å². The SMILES string of the molecule is COC(=O)c1cc2c(=O)[nH]c(=O)n(-c3ccccc3)c2nc1C. The molecule has 1 aromatic carbocycles. The van der Waals surface area contributed by atoms with Gasteiger partial charge in [-0.1, -0.05) is 18.2 Å². The number of methoxy groups -OCH3 is 1. The number of para-hydroxylation sites is 1. The van der Waals surface area contributed by atoms with E-state index in [-0.39, 0.29) is 16.6 Å². The van der Waals surface area contributed by atoms with Crippen LogP contribution in [0.4, 0.5) is 0 Å². The van der Waals surface area contributed by atoms with Crippen molar-refractivity contribution in [3.8, 4) is 5.69 Å². The van der Waals surface area contributed by atoms with Crippen molar-refractivity contribution in [2.24, 2.45) is 0 Å². The fraction of sp³-hybridized carbons (Fsp3) is 0.125. The second kappa shape index (κ2) is 5.53. The standard InChI is InChI=1S/C16H13N3O4/c1-9-11(15(21)23-2)8-12-13(17-9)19(16(22)18-14(12)20)10-6-4-3-5-7-10/h3-8H,1-2H3,(H,18,20,22). The smallest absolute Gasteiger partial charge is 0.339 e. The lowest BCUT2D eigenvalue weighted by Gasteiger charge is -2.11. The normalized spacial score (nSPS) is 10.7. The maximum Gasteiger partial charge on any atom is 0.339 e. The number of pyridine rings is 1. The van der Waals surface area contributed by atoms with Crippen LogP contribution in [0.25, 0.3) is 16.7 Å². The maximum absolute atomic E-state index is 12.2. The fourth-order valence-electron chi connectivity index (χ4n) is 2.38. The molecule has 1 N–H and O–H groups in total. The van der Waals surface area contributed by atoms with Crippen molar-refractivity contribution in [3.05, 3.63) is 68.5 Å². The predicted molar refractivity (Wildman–Crippen MR) is 84.0 cm³/mol. The number of rotatable bonds is 2. The molecule has 0 radical (unpaired) electrons. The minimum atomic E-state index is -0.602. The molecule has 7 heteroatoms. The average Bonchev–Trinajstić information content (AvgIpc) is 2.54. The number of aromatic nitrogens is 3. The number of nitrogens with zero attached hydrogens (tertiary/aromatic N) is 2. The largest absolute Gasteiger partial charge is 0.465 e. The summed E-state index contributed by atoms with van der Waals surface area (Å²) in [5.74, 6) is -0.589. The van der Waals surface area contributed by atoms with Gasteiger partial charge in [0.25, 0.3) is 5.56 Å². The second-order valence-electron chi connectivity index (χ2n) is 4.91. The molecule has 2 heterocycles. The van der Waals surface area contributed by atoms with E-state index in [1.165, 1.54) is 17.7 Å². The lowest BCUT2D eigenvalue weighted by molar-refractivity contribution is 0.0599. The van der Waals surface area contributed by atoms with Crippen LogP contribution < -0.4 is 11.2 Å². The van der Waals surface area contributed by atoms with Crippen molar-refractivity contribution in [1.82, 2.24) is 14.5 Å². The zero-order valence-electron chi connectivity index (χ0n) is 12.5. The molecule has 0 saturated heterocycles. The summed E-state index contributed by atoms with van der Waals surface area (Å²) in [6.07, 6.45) is 0. The van der Waals surface area contributed by atoms with Gasteiger partial charge in [0.15, 0.2) is 5.65 Å². The summed E-state index contributed by atoms with van der Waals surface area (Å²) < 4.78 is 5.98. The molecule has 0 saturated carbocycles. The quantitative estimate of drug-likeness (QED) is 0.717. The third-order valence-corrected chi connectivity index (χ3v) is 3.49. The first-order valence-electron chi connectivity index (χ1n) is 6.83. The molecule has 0 fully saturated rings. The second-order valence-corrected chi connectivity index (χ2v) is 4.91. The van der Waals surface area contributed by atoms with Gasteiger partial charge in [-0.3, -0.25) is 9.78 Å². The van der Waals surface area contributed by atoms with Gasteiger partial charge in [0.05, 0.1) is 29.4 Å². The molecule has 3 aromatic rings. The van der Waals surface area contributed by atoms with Gasteiger partial charge in [0.1, 0.15) is 0 Å². The van der Waals surface area contributed by atoms with Crippen molar-refractivity contribution >= 4 is 17.0 Å². The van der Waals surface area contributed by atoms with E-state index >= 15 is 0 Å². The molecule has 0 atom stereocenters. The number of aryl methyl sites for hydroxylation is 1. The van der Waals surface area contributed by atoms with Crippen LogP contribution in [0.1, 0.15) is 16.1 Å². The molecule has 0 aliphatic rings. The molecule has 0 amide bonds. The highest BCUT2D eigenvalue weighted by atomic mass is 16.5. The van der Waals surface area contributed by atoms with Crippen molar-refractivity contribution in [2.45, 2.75) is 6.92 Å². The van der Waals surface area contributed by atoms with Crippen LogP contribution in [0, 0.1) is 6.92 Å². The number of carbonyl (C=O) groups excluding carboxylic acids is 1. The highest BCUT2D eigenvalue weighted by molar-refractivity contribution is 5.94. The molecule has 3 rings (SSSR count). The number of esters is 1. The number of hydrogen-bond donors (Lipinski definition) is 1. The lowest BCUT2D eigenvalue weighted by Crippen LogP contribution is -2.30. The van der Waals surface area contributed by atoms with E-state index in [0.29, 0.717) is 11.4 Å². The molecule has 116 valence electrons. The highest BCUT2D eigenvalue weighted by Crippen LogP contribution is 2.16. The Kier molecular flexibility index (Phi) is 3.53. The van der Waals surface area contributed by atoms with E-state index in [4.69, 9.17) is 0 Å². The Morgan fingerprint density at radius 1 is 1.22 bits per heavy atom. The monoisotopic (exact) mass is 311 g/mol. The fourth-order valence-corrected chi connectivity index (χ4v) is 2.38. The topological polar surface area (TPSA) is 94.0 Å². The summed E-state index contributed by atoms with van der Waals surface area (Å²) >= 11 is 0. The van der Waals surface area contributed by atoms with Crippen LogP contribution in [0.5, 0.6) is 0 Å². The Balaban J connectivity index is 2.44. The van der Waals surface area contributed by atoms with Crippen molar-refractivity contribution in [2.75, 3.05) is 7.11 Å². The van der Waals surface area contributed by atoms with Gasteiger partial charge in [0.2, 0.25) is 0 Å². The van der Waals surface area contributed by atoms with Gasteiger partial charge in [-0.15, -0.1) is 0 Å². The average molecular weight is 311 g/mol. The molecular formula is C16H13N3O4. The molecule has 0 spiro atoms. The number of H-pyrrole nitrogens is 1. The predicted octanol–water partition coefficient (Wildman–Crippen LogP) is 1.17. The zero-order chi connectivity index (χ0) is 16.6. The van der Waals surface area contributed by atoms with E-state index in [1.54, 1.807) is 31.2 Å². The van der Waals surface area contributed by atoms with Crippen molar-refractivity contribution in [1.29, 1.82) is 0 Å². The number of aromatic amines is 1. The summed E-state index contributed by atoms with van der Waals surface area (Å²) in [5, 5.41) is 0.138. The minimum absolute atomic E-state index is 0.138. The van der Waals surface area contributed by atoms with E-state index in [0.717, 1.165) is 0 Å². The Morgan fingerprint density at radius 2 is 1.91 bits per heavy atom. The summed E-state index contributed by atoms with van der Waals surface area (Å²) in [6.45, 7) is 1.62. The summed E-state index contributed by atoms with van der Waals surface area (Å²) in [4.78, 5) is 42.6. The van der Waals surface area contributed by atoms with E-state index < -0.39 is 17.2 Å². The third-order valence-electron chi connectivity index (χ3n) is 3.49. The zero-order valence-corrected chi connectivity index (χ0v) is 12.5. The van der Waals surface area contributed by atoms with Gasteiger partial charge >= 0.3 is 11.7 Å². The summed E-state index contributed by atoms with van der Waals surface area (Å²) in [5.41, 5.74) is 0.121. The Hall–Kier alpha value is -3.22. The van der Waals surface area contributed by atoms with Crippen molar-refractivity contribution in [3.63, 3.8) is 0 Å². The lowest BCUT2D eigenvalue weighted by atomic mass is 10.1. The molecule has 0 unspecified atom stereocenters. The minimum Gasteiger partial charge on any atom is -0.465 e. The van der Waals surface area contributed by atoms with Crippen LogP contribution in [-0.2, 0) is 4.74 Å². The van der Waals surface area contributed by atoms with E-state index in [1.807, 2.05) is 6.07 Å². The van der Waals surface area contributed by atoms with Crippen LogP contribution >= 0.6 is 0 Å². The first kappa shape index (κ1) is 14.7. The molecule has 0 aliphatic heterocycles. The first-order chi connectivity index (χ1) is 11.0. The third kappa shape index (κ3) is 2.42. The maximum atomic E-state index is 12.2. The van der Waals surface area contributed by atoms with Gasteiger partial charge in [-0.2, -0.15) is 0 Å². The van der Waals surface area contributed by atoms with Gasteiger partial charge in [0, 0.05) is 0 Å². The Bertz CT molecular complexity index is 1020. The molecule has 0 aliphatic carbocycles. The van der Waals surface area contributed by atoms with Crippen LogP contribution in [0.15, 0.2) is 46.0 Å². The molecule has 7 nitrogen and oxygen atoms in total. The molecule has 23 heavy (non-hydrogen) atoms. The number of hydrogen-bond acceptors (Lipinski definition) is 5. The van der Waals surface area contributed by atoms with Gasteiger partial charge in [-0.25, -0.2) is 19.1 Å². The highest BCUT2D eigenvalue weighted by Gasteiger charge is 2.17. The number of benzene rings is 1. The van der Waals surface area contributed by atoms with Crippen molar-refractivity contribution < 1.29 is 9.53 Å². The molecule has 2 aromatic heterocycles. The van der Waals surface area contributed by atoms with Gasteiger partial charge < -0.3 is 4.74 Å². The van der Waals surface area contributed by atoms with E-state index in [9.17, 15) is 14.4 Å². The van der Waals surface area contributed by atoms with E-state index in [2.05, 4.69) is 14.7 Å². The molecule has 0 bridgehead atoms. The summed E-state index contributed by atoms with van der Waals surface area (Å²) in [7, 11) is 1.25. The number of carbonyl (C=O) groups is 1. The Morgan fingerprint density at radius 3 is 2.57 bits per heavy atom. The van der Waals surface area contributed by atoms with Crippen LogP contribution in [0.2, 0.25) is 0 Å². The first-order valence-corrected chi connectivity index (χ1v) is 6.83. The molecular weight excluding hydrogens is 298 g/mol.